The first kappa shape index (κ1) is 10.4. The quantitative estimate of drug-likeness (QED) is 0.841. The molecule has 1 nitrogen and oxygen atoms in total. The molecule has 0 spiro atoms. The van der Waals surface area contributed by atoms with Crippen LogP contribution in [0.25, 0.3) is 0 Å². The standard InChI is InChI=1S/C12H16IN/c1-9(14-8-10-2-3-10)11-4-6-12(13)7-5-11/h4-7,9-10,14H,2-3,8H2,1H3/t9-/m0/s1. The lowest BCUT2D eigenvalue weighted by Crippen LogP contribution is -2.20. The molecule has 1 aliphatic carbocycles. The van der Waals surface area contributed by atoms with Crippen molar-refractivity contribution in [2.75, 3.05) is 6.54 Å². The zero-order valence-electron chi connectivity index (χ0n) is 8.46. The summed E-state index contributed by atoms with van der Waals surface area (Å²) in [6, 6.07) is 9.27. The molecule has 0 aliphatic heterocycles. The van der Waals surface area contributed by atoms with E-state index in [1.807, 2.05) is 0 Å². The third-order valence-electron chi connectivity index (χ3n) is 2.78. The van der Waals surface area contributed by atoms with Gasteiger partial charge in [-0.2, -0.15) is 0 Å². The summed E-state index contributed by atoms with van der Waals surface area (Å²) in [5, 5.41) is 3.58. The van der Waals surface area contributed by atoms with E-state index in [1.165, 1.54) is 28.5 Å². The van der Waals surface area contributed by atoms with Gasteiger partial charge in [0.05, 0.1) is 0 Å². The van der Waals surface area contributed by atoms with Crippen LogP contribution in [0.4, 0.5) is 0 Å². The minimum Gasteiger partial charge on any atom is -0.310 e. The second-order valence-corrected chi connectivity index (χ2v) is 5.37. The molecule has 0 aromatic heterocycles. The molecule has 76 valence electrons. The molecule has 1 aromatic carbocycles. The van der Waals surface area contributed by atoms with Crippen LogP contribution in [0, 0.1) is 9.49 Å². The van der Waals surface area contributed by atoms with Gasteiger partial charge in [0.15, 0.2) is 0 Å². The van der Waals surface area contributed by atoms with Crippen molar-refractivity contribution in [2.45, 2.75) is 25.8 Å². The van der Waals surface area contributed by atoms with Crippen LogP contribution in [-0.4, -0.2) is 6.54 Å². The summed E-state index contributed by atoms with van der Waals surface area (Å²) in [5.41, 5.74) is 1.39. The third kappa shape index (κ3) is 2.95. The molecule has 0 heterocycles. The molecule has 1 N–H and O–H groups in total. The van der Waals surface area contributed by atoms with Gasteiger partial charge in [-0.25, -0.2) is 0 Å². The largest absolute Gasteiger partial charge is 0.310 e. The average molecular weight is 301 g/mol. The van der Waals surface area contributed by atoms with Crippen LogP contribution in [0.3, 0.4) is 0 Å². The van der Waals surface area contributed by atoms with Crippen molar-refractivity contribution in [1.82, 2.24) is 5.32 Å². The maximum Gasteiger partial charge on any atom is 0.0291 e. The Morgan fingerprint density at radius 3 is 2.57 bits per heavy atom. The fourth-order valence-electron chi connectivity index (χ4n) is 1.53. The minimum atomic E-state index is 0.493. The molecule has 0 amide bonds. The van der Waals surface area contributed by atoms with Crippen LogP contribution in [0.5, 0.6) is 0 Å². The van der Waals surface area contributed by atoms with E-state index < -0.39 is 0 Å². The topological polar surface area (TPSA) is 12.0 Å². The van der Waals surface area contributed by atoms with Gasteiger partial charge in [-0.3, -0.25) is 0 Å². The van der Waals surface area contributed by atoms with Crippen LogP contribution < -0.4 is 5.32 Å². The van der Waals surface area contributed by atoms with Crippen LogP contribution in [0.15, 0.2) is 24.3 Å². The highest BCUT2D eigenvalue weighted by Gasteiger charge is 2.21. The smallest absolute Gasteiger partial charge is 0.0291 e. The van der Waals surface area contributed by atoms with Gasteiger partial charge in [-0.15, -0.1) is 0 Å². The molecule has 1 aromatic rings. The maximum atomic E-state index is 3.58. The molecule has 2 rings (SSSR count). The monoisotopic (exact) mass is 301 g/mol. The second kappa shape index (κ2) is 4.62. The van der Waals surface area contributed by atoms with Crippen molar-refractivity contribution >= 4 is 22.6 Å². The summed E-state index contributed by atoms with van der Waals surface area (Å²) in [6.45, 7) is 3.43. The molecule has 0 saturated heterocycles. The molecule has 0 bridgehead atoms. The van der Waals surface area contributed by atoms with E-state index in [2.05, 4.69) is 59.1 Å². The fraction of sp³-hybridized carbons (Fsp3) is 0.500. The molecule has 1 atom stereocenters. The predicted molar refractivity (Wildman–Crippen MR) is 68.3 cm³/mol. The summed E-state index contributed by atoms with van der Waals surface area (Å²) >= 11 is 2.34. The van der Waals surface area contributed by atoms with E-state index in [0.29, 0.717) is 6.04 Å². The Kier molecular flexibility index (Phi) is 3.44. The first-order chi connectivity index (χ1) is 6.75. The number of nitrogens with one attached hydrogen (secondary N) is 1. The lowest BCUT2D eigenvalue weighted by Gasteiger charge is -2.13. The number of hydrogen-bond donors (Lipinski definition) is 1. The van der Waals surface area contributed by atoms with Crippen LogP contribution in [0.2, 0.25) is 0 Å². The highest BCUT2D eigenvalue weighted by atomic mass is 127. The minimum absolute atomic E-state index is 0.493. The summed E-state index contributed by atoms with van der Waals surface area (Å²) in [6.07, 6.45) is 2.85. The van der Waals surface area contributed by atoms with E-state index in [1.54, 1.807) is 0 Å². The Bertz CT molecular complexity index is 290. The van der Waals surface area contributed by atoms with Crippen molar-refractivity contribution < 1.29 is 0 Å². The lowest BCUT2D eigenvalue weighted by atomic mass is 10.1. The highest BCUT2D eigenvalue weighted by molar-refractivity contribution is 14.1. The summed E-state index contributed by atoms with van der Waals surface area (Å²) in [5.74, 6) is 0.960. The van der Waals surface area contributed by atoms with Gasteiger partial charge in [-0.1, -0.05) is 12.1 Å². The SMILES string of the molecule is C[C@H](NCC1CC1)c1ccc(I)cc1. The number of halogens is 1. The van der Waals surface area contributed by atoms with Gasteiger partial charge in [-0.05, 0) is 72.5 Å². The van der Waals surface area contributed by atoms with E-state index >= 15 is 0 Å². The predicted octanol–water partition coefficient (Wildman–Crippen LogP) is 3.35. The molecule has 2 heteroatoms. The number of rotatable bonds is 4. The average Bonchev–Trinajstić information content (AvgIpc) is 2.99. The Labute approximate surface area is 99.4 Å². The number of benzene rings is 1. The zero-order valence-corrected chi connectivity index (χ0v) is 10.6. The van der Waals surface area contributed by atoms with E-state index in [0.717, 1.165) is 5.92 Å². The van der Waals surface area contributed by atoms with Gasteiger partial charge < -0.3 is 5.32 Å². The fourth-order valence-corrected chi connectivity index (χ4v) is 1.89. The molecule has 0 unspecified atom stereocenters. The molecule has 1 saturated carbocycles. The molecular formula is C12H16IN. The zero-order chi connectivity index (χ0) is 9.97. The first-order valence-electron chi connectivity index (χ1n) is 5.24. The van der Waals surface area contributed by atoms with E-state index in [9.17, 15) is 0 Å². The van der Waals surface area contributed by atoms with Crippen LogP contribution in [-0.2, 0) is 0 Å². The van der Waals surface area contributed by atoms with Gasteiger partial charge in [0.1, 0.15) is 0 Å². The molecule has 14 heavy (non-hydrogen) atoms. The van der Waals surface area contributed by atoms with Gasteiger partial charge in [0.25, 0.3) is 0 Å². The van der Waals surface area contributed by atoms with Gasteiger partial charge in [0, 0.05) is 9.61 Å². The van der Waals surface area contributed by atoms with Crippen molar-refractivity contribution in [3.8, 4) is 0 Å². The highest BCUT2D eigenvalue weighted by Crippen LogP contribution is 2.28. The Hall–Kier alpha value is -0.0900. The first-order valence-corrected chi connectivity index (χ1v) is 6.32. The summed E-state index contributed by atoms with van der Waals surface area (Å²) in [4.78, 5) is 0. The Morgan fingerprint density at radius 2 is 2.00 bits per heavy atom. The van der Waals surface area contributed by atoms with Crippen LogP contribution >= 0.6 is 22.6 Å². The number of hydrogen-bond acceptors (Lipinski definition) is 1. The van der Waals surface area contributed by atoms with Crippen molar-refractivity contribution in [3.63, 3.8) is 0 Å². The summed E-state index contributed by atoms with van der Waals surface area (Å²) in [7, 11) is 0. The third-order valence-corrected chi connectivity index (χ3v) is 3.50. The van der Waals surface area contributed by atoms with E-state index in [-0.39, 0.29) is 0 Å². The van der Waals surface area contributed by atoms with Crippen molar-refractivity contribution in [3.05, 3.63) is 33.4 Å². The lowest BCUT2D eigenvalue weighted by molar-refractivity contribution is 0.549. The summed E-state index contributed by atoms with van der Waals surface area (Å²) < 4.78 is 1.31. The Balaban J connectivity index is 1.88. The van der Waals surface area contributed by atoms with Crippen molar-refractivity contribution in [1.29, 1.82) is 0 Å². The second-order valence-electron chi connectivity index (χ2n) is 4.12. The molecule has 1 aliphatic rings. The van der Waals surface area contributed by atoms with E-state index in [4.69, 9.17) is 0 Å². The molecular weight excluding hydrogens is 285 g/mol. The Morgan fingerprint density at radius 1 is 1.36 bits per heavy atom. The van der Waals surface area contributed by atoms with Crippen LogP contribution in [0.1, 0.15) is 31.4 Å². The van der Waals surface area contributed by atoms with Crippen molar-refractivity contribution in [2.24, 2.45) is 5.92 Å². The normalized spacial score (nSPS) is 18.1. The van der Waals surface area contributed by atoms with Gasteiger partial charge in [0.2, 0.25) is 0 Å². The molecule has 1 fully saturated rings. The molecule has 0 radical (unpaired) electrons. The maximum absolute atomic E-state index is 3.58. The van der Waals surface area contributed by atoms with Gasteiger partial charge >= 0.3 is 0 Å².